The summed E-state index contributed by atoms with van der Waals surface area (Å²) in [5.74, 6) is -0.162. The third kappa shape index (κ3) is 5.78. The first kappa shape index (κ1) is 30.1. The van der Waals surface area contributed by atoms with E-state index >= 15 is 4.79 Å². The van der Waals surface area contributed by atoms with E-state index in [9.17, 15) is 9.59 Å². The minimum absolute atomic E-state index is 0.0542. The first-order chi connectivity index (χ1) is 21.3. The summed E-state index contributed by atoms with van der Waals surface area (Å²) in [6.45, 7) is 6.48. The summed E-state index contributed by atoms with van der Waals surface area (Å²) in [6.07, 6.45) is 2.01. The van der Waals surface area contributed by atoms with E-state index in [0.717, 1.165) is 32.5 Å². The normalized spacial score (nSPS) is 20.4. The molecule has 10 heteroatoms. The molecule has 0 spiro atoms. The molecule has 0 radical (unpaired) electrons. The lowest BCUT2D eigenvalue weighted by Gasteiger charge is -2.42. The Hall–Kier alpha value is -3.95. The van der Waals surface area contributed by atoms with E-state index in [0.29, 0.717) is 44.3 Å². The number of carbonyl (C=O) groups is 3. The van der Waals surface area contributed by atoms with E-state index < -0.39 is 10.8 Å². The van der Waals surface area contributed by atoms with Gasteiger partial charge in [0.1, 0.15) is 4.75 Å². The average Bonchev–Trinajstić information content (AvgIpc) is 3.57. The zero-order valence-electron chi connectivity index (χ0n) is 24.9. The Kier molecular flexibility index (Phi) is 8.60. The lowest BCUT2D eigenvalue weighted by molar-refractivity contribution is -0.136. The number of aryl methyl sites for hydroxylation is 1. The van der Waals surface area contributed by atoms with Crippen LogP contribution in [0.3, 0.4) is 0 Å². The van der Waals surface area contributed by atoms with Gasteiger partial charge >= 0.3 is 6.03 Å². The smallest absolute Gasteiger partial charge is 0.317 e. The van der Waals surface area contributed by atoms with Crippen LogP contribution in [0, 0.1) is 6.92 Å². The quantitative estimate of drug-likeness (QED) is 0.262. The molecule has 1 unspecified atom stereocenters. The van der Waals surface area contributed by atoms with Crippen LogP contribution in [-0.2, 0) is 16.1 Å². The van der Waals surface area contributed by atoms with E-state index in [1.807, 2.05) is 103 Å². The number of amides is 4. The number of para-hydroxylation sites is 1. The number of nitrogens with zero attached hydrogens (tertiary/aromatic N) is 3. The van der Waals surface area contributed by atoms with E-state index in [4.69, 9.17) is 11.6 Å². The number of piperazine rings is 1. The number of likely N-dealkylation sites (tertiary alicyclic amines) is 1. The van der Waals surface area contributed by atoms with Crippen LogP contribution in [0.2, 0.25) is 5.02 Å². The predicted octanol–water partition coefficient (Wildman–Crippen LogP) is 6.01. The third-order valence-electron chi connectivity index (χ3n) is 8.53. The van der Waals surface area contributed by atoms with Gasteiger partial charge in [0.25, 0.3) is 0 Å². The summed E-state index contributed by atoms with van der Waals surface area (Å²) in [5.41, 5.74) is 3.92. The number of benzene rings is 3. The Morgan fingerprint density at radius 1 is 0.977 bits per heavy atom. The monoisotopic (exact) mass is 629 g/mol. The number of carbonyl (C=O) groups excluding carboxylic acids is 3. The van der Waals surface area contributed by atoms with Gasteiger partial charge in [-0.05, 0) is 49.7 Å². The summed E-state index contributed by atoms with van der Waals surface area (Å²) in [7, 11) is 0. The number of aromatic amines is 1. The maximum absolute atomic E-state index is 15.0. The Balaban J connectivity index is 1.45. The van der Waals surface area contributed by atoms with Crippen molar-refractivity contribution in [2.24, 2.45) is 0 Å². The number of nitrogens with one attached hydrogen (secondary N) is 2. The van der Waals surface area contributed by atoms with Gasteiger partial charge in [-0.1, -0.05) is 59.6 Å². The fourth-order valence-electron chi connectivity index (χ4n) is 6.31. The van der Waals surface area contributed by atoms with Crippen molar-refractivity contribution in [3.8, 4) is 0 Å². The molecule has 8 nitrogen and oxygen atoms in total. The van der Waals surface area contributed by atoms with Crippen LogP contribution in [0.25, 0.3) is 10.9 Å². The maximum Gasteiger partial charge on any atom is 0.317 e. The topological polar surface area (TPSA) is 88.8 Å². The molecule has 3 aromatic carbocycles. The molecule has 2 aliphatic heterocycles. The van der Waals surface area contributed by atoms with Gasteiger partial charge < -0.3 is 25.0 Å². The second kappa shape index (κ2) is 12.6. The van der Waals surface area contributed by atoms with Crippen LogP contribution >= 0.6 is 23.4 Å². The number of urea groups is 1. The van der Waals surface area contributed by atoms with Gasteiger partial charge in [0.05, 0.1) is 12.5 Å². The van der Waals surface area contributed by atoms with Crippen molar-refractivity contribution in [2.45, 2.75) is 42.5 Å². The lowest BCUT2D eigenvalue weighted by Crippen LogP contribution is -2.58. The number of hydrogen-bond donors (Lipinski definition) is 2. The Labute approximate surface area is 266 Å². The molecule has 44 heavy (non-hydrogen) atoms. The zero-order valence-corrected chi connectivity index (χ0v) is 26.5. The molecular weight excluding hydrogens is 594 g/mol. The first-order valence-corrected chi connectivity index (χ1v) is 16.2. The van der Waals surface area contributed by atoms with E-state index in [1.165, 1.54) is 11.8 Å². The maximum atomic E-state index is 15.0. The molecule has 0 saturated carbocycles. The molecule has 228 valence electrons. The second-order valence-corrected chi connectivity index (χ2v) is 13.3. The van der Waals surface area contributed by atoms with Crippen LogP contribution in [0.5, 0.6) is 0 Å². The average molecular weight is 630 g/mol. The largest absolute Gasteiger partial charge is 0.361 e. The fourth-order valence-corrected chi connectivity index (χ4v) is 7.91. The molecule has 1 aromatic heterocycles. The van der Waals surface area contributed by atoms with Crippen LogP contribution in [0.15, 0.2) is 83.9 Å². The third-order valence-corrected chi connectivity index (χ3v) is 10.2. The highest BCUT2D eigenvalue weighted by atomic mass is 35.5. The van der Waals surface area contributed by atoms with Crippen LogP contribution < -0.4 is 5.32 Å². The SMILES string of the molecule is CCNC(=O)N1CCN(C(=O)C2(Sc3ccc(C)cc3)CC(=O)N(Cc3ccc(Cl)cc3)[C@H]2c2c[nH]c3ccccc23)CC1. The number of rotatable bonds is 7. The number of aromatic nitrogens is 1. The molecule has 2 saturated heterocycles. The minimum atomic E-state index is -1.14. The highest BCUT2D eigenvalue weighted by Gasteiger charge is 2.59. The number of hydrogen-bond acceptors (Lipinski definition) is 4. The number of H-pyrrole nitrogens is 1. The van der Waals surface area contributed by atoms with Gasteiger partial charge in [0, 0.05) is 71.8 Å². The summed E-state index contributed by atoms with van der Waals surface area (Å²) < 4.78 is -1.14. The highest BCUT2D eigenvalue weighted by molar-refractivity contribution is 8.01. The Morgan fingerprint density at radius 3 is 2.36 bits per heavy atom. The second-order valence-electron chi connectivity index (χ2n) is 11.4. The number of halogens is 1. The van der Waals surface area contributed by atoms with Crippen molar-refractivity contribution in [2.75, 3.05) is 32.7 Å². The van der Waals surface area contributed by atoms with Gasteiger partial charge in [-0.25, -0.2) is 4.79 Å². The van der Waals surface area contributed by atoms with Gasteiger partial charge in [-0.2, -0.15) is 0 Å². The molecule has 6 rings (SSSR count). The van der Waals surface area contributed by atoms with Crippen molar-refractivity contribution in [1.29, 1.82) is 0 Å². The van der Waals surface area contributed by atoms with E-state index in [2.05, 4.69) is 10.3 Å². The molecule has 3 heterocycles. The predicted molar refractivity (Wildman–Crippen MR) is 175 cm³/mol. The summed E-state index contributed by atoms with van der Waals surface area (Å²) in [5, 5.41) is 4.46. The van der Waals surface area contributed by atoms with Crippen molar-refractivity contribution in [3.05, 3.63) is 101 Å². The molecule has 2 fully saturated rings. The van der Waals surface area contributed by atoms with Crippen LogP contribution in [0.1, 0.15) is 36.1 Å². The summed E-state index contributed by atoms with van der Waals surface area (Å²) in [4.78, 5) is 51.5. The molecule has 0 aliphatic carbocycles. The van der Waals surface area contributed by atoms with Crippen molar-refractivity contribution >= 4 is 52.1 Å². The molecule has 2 N–H and O–H groups in total. The Bertz CT molecular complexity index is 1670. The van der Waals surface area contributed by atoms with Gasteiger partial charge in [-0.15, -0.1) is 11.8 Å². The molecule has 2 atom stereocenters. The number of thioether (sulfide) groups is 1. The summed E-state index contributed by atoms with van der Waals surface area (Å²) in [6, 6.07) is 23.0. The van der Waals surface area contributed by atoms with Crippen molar-refractivity contribution in [1.82, 2.24) is 25.0 Å². The Morgan fingerprint density at radius 2 is 1.66 bits per heavy atom. The molecular formula is C34H36ClN5O3S. The van der Waals surface area contributed by atoms with E-state index in [1.54, 1.807) is 4.90 Å². The molecule has 0 bridgehead atoms. The fraction of sp³-hybridized carbons (Fsp3) is 0.324. The molecule has 4 amide bonds. The zero-order chi connectivity index (χ0) is 30.8. The van der Waals surface area contributed by atoms with Crippen LogP contribution in [0.4, 0.5) is 4.79 Å². The van der Waals surface area contributed by atoms with Gasteiger partial charge in [0.15, 0.2) is 0 Å². The van der Waals surface area contributed by atoms with Gasteiger partial charge in [0.2, 0.25) is 11.8 Å². The number of fused-ring (bicyclic) bond motifs is 1. The molecule has 2 aliphatic rings. The lowest BCUT2D eigenvalue weighted by atomic mass is 9.90. The molecule has 4 aromatic rings. The highest BCUT2D eigenvalue weighted by Crippen LogP contribution is 2.55. The van der Waals surface area contributed by atoms with E-state index in [-0.39, 0.29) is 24.3 Å². The summed E-state index contributed by atoms with van der Waals surface area (Å²) >= 11 is 7.67. The first-order valence-electron chi connectivity index (χ1n) is 15.0. The standard InChI is InChI=1S/C34H36ClN5O3S/c1-3-36-33(43)39-18-16-38(17-19-39)32(42)34(44-26-14-8-23(2)9-15-26)20-30(41)40(22-24-10-12-25(35)13-11-24)31(34)28-21-37-29-7-5-4-6-27(28)29/h4-15,21,31,37H,3,16-20,22H2,1-2H3,(H,36,43)/t31-,34?/m0/s1. The minimum Gasteiger partial charge on any atom is -0.361 e. The van der Waals surface area contributed by atoms with Crippen LogP contribution in [-0.4, -0.2) is 75.0 Å². The van der Waals surface area contributed by atoms with Crippen molar-refractivity contribution in [3.63, 3.8) is 0 Å². The van der Waals surface area contributed by atoms with Crippen molar-refractivity contribution < 1.29 is 14.4 Å². The van der Waals surface area contributed by atoms with Gasteiger partial charge in [-0.3, -0.25) is 9.59 Å².